The fraction of sp³-hybridized carbons (Fsp3) is 0.176. The van der Waals surface area contributed by atoms with Crippen molar-refractivity contribution >= 4 is 23.5 Å². The summed E-state index contributed by atoms with van der Waals surface area (Å²) in [5, 5.41) is 2.46. The second kappa shape index (κ2) is 8.40. The predicted molar refractivity (Wildman–Crippen MR) is 84.8 cm³/mol. The van der Waals surface area contributed by atoms with Crippen LogP contribution in [0.4, 0.5) is 8.78 Å². The highest BCUT2D eigenvalue weighted by atomic mass is 35.5. The van der Waals surface area contributed by atoms with Crippen molar-refractivity contribution in [1.29, 1.82) is 0 Å². The second-order valence-corrected chi connectivity index (χ2v) is 5.31. The quantitative estimate of drug-likeness (QED) is 0.812. The van der Waals surface area contributed by atoms with Crippen LogP contribution >= 0.6 is 11.6 Å². The van der Waals surface area contributed by atoms with Gasteiger partial charge >= 0.3 is 5.97 Å². The molecule has 0 aliphatic carbocycles. The summed E-state index contributed by atoms with van der Waals surface area (Å²) in [5.41, 5.74) is 0.449. The minimum absolute atomic E-state index is 0.0864. The molecule has 0 radical (unpaired) electrons. The molecule has 1 N–H and O–H groups in total. The summed E-state index contributed by atoms with van der Waals surface area (Å²) in [7, 11) is 0. The molecule has 0 spiro atoms. The van der Waals surface area contributed by atoms with E-state index in [1.54, 1.807) is 12.1 Å². The van der Waals surface area contributed by atoms with Gasteiger partial charge in [-0.2, -0.15) is 0 Å². The molecule has 0 unspecified atom stereocenters. The lowest BCUT2D eigenvalue weighted by atomic mass is 10.1. The van der Waals surface area contributed by atoms with Crippen LogP contribution in [-0.2, 0) is 16.0 Å². The number of halogens is 3. The van der Waals surface area contributed by atoms with E-state index < -0.39 is 29.9 Å². The van der Waals surface area contributed by atoms with Crippen molar-refractivity contribution in [3.05, 3.63) is 70.2 Å². The van der Waals surface area contributed by atoms with Gasteiger partial charge in [-0.15, -0.1) is 0 Å². The first-order valence-corrected chi connectivity index (χ1v) is 7.47. The minimum Gasteiger partial charge on any atom is -0.452 e. The average Bonchev–Trinajstić information content (AvgIpc) is 2.54. The Bertz CT molecular complexity index is 715. The van der Waals surface area contributed by atoms with E-state index in [-0.39, 0.29) is 10.8 Å². The van der Waals surface area contributed by atoms with Crippen LogP contribution in [0.25, 0.3) is 0 Å². The summed E-state index contributed by atoms with van der Waals surface area (Å²) in [6, 6.07) is 9.67. The molecular weight excluding hydrogens is 340 g/mol. The first-order valence-electron chi connectivity index (χ1n) is 7.09. The molecule has 0 heterocycles. The summed E-state index contributed by atoms with van der Waals surface area (Å²) in [6.45, 7) is -0.255. The fourth-order valence-electron chi connectivity index (χ4n) is 1.94. The van der Waals surface area contributed by atoms with E-state index in [1.807, 2.05) is 0 Å². The monoisotopic (exact) mass is 353 g/mol. The van der Waals surface area contributed by atoms with E-state index in [9.17, 15) is 18.4 Å². The standard InChI is InChI=1S/C17H14ClF2NO3/c18-13-2-1-3-14(20)16(13)17(23)24-10-15(22)21-9-8-11-4-6-12(19)7-5-11/h1-7H,8-10H2,(H,21,22). The van der Waals surface area contributed by atoms with E-state index in [2.05, 4.69) is 5.32 Å². The molecule has 0 bridgehead atoms. The number of esters is 1. The number of benzene rings is 2. The molecule has 0 aliphatic heterocycles. The Morgan fingerprint density at radius 2 is 1.79 bits per heavy atom. The van der Waals surface area contributed by atoms with Gasteiger partial charge in [-0.1, -0.05) is 29.8 Å². The fourth-order valence-corrected chi connectivity index (χ4v) is 2.18. The van der Waals surface area contributed by atoms with Crippen LogP contribution in [0.15, 0.2) is 42.5 Å². The van der Waals surface area contributed by atoms with Crippen molar-refractivity contribution in [2.24, 2.45) is 0 Å². The zero-order valence-electron chi connectivity index (χ0n) is 12.5. The normalized spacial score (nSPS) is 10.3. The highest BCUT2D eigenvalue weighted by molar-refractivity contribution is 6.33. The number of amides is 1. The first kappa shape index (κ1) is 17.9. The zero-order chi connectivity index (χ0) is 17.5. The molecule has 0 saturated carbocycles. The maximum absolute atomic E-state index is 13.5. The molecule has 2 aromatic rings. The first-order chi connectivity index (χ1) is 11.5. The average molecular weight is 354 g/mol. The molecule has 0 fully saturated rings. The van der Waals surface area contributed by atoms with E-state index in [4.69, 9.17) is 16.3 Å². The van der Waals surface area contributed by atoms with Gasteiger partial charge in [0.05, 0.1) is 5.02 Å². The molecule has 0 aromatic heterocycles. The number of carbonyl (C=O) groups is 2. The van der Waals surface area contributed by atoms with Gasteiger partial charge in [-0.25, -0.2) is 13.6 Å². The minimum atomic E-state index is -1.01. The Labute approximate surface area is 142 Å². The van der Waals surface area contributed by atoms with Crippen LogP contribution in [0.1, 0.15) is 15.9 Å². The maximum Gasteiger partial charge on any atom is 0.343 e. The number of hydrogen-bond acceptors (Lipinski definition) is 3. The van der Waals surface area contributed by atoms with Gasteiger partial charge in [0.2, 0.25) is 0 Å². The molecule has 1 amide bonds. The van der Waals surface area contributed by atoms with Gasteiger partial charge in [-0.05, 0) is 36.2 Å². The molecule has 2 rings (SSSR count). The third kappa shape index (κ3) is 5.03. The molecule has 0 aliphatic rings. The summed E-state index contributed by atoms with van der Waals surface area (Å²) in [4.78, 5) is 23.4. The van der Waals surface area contributed by atoms with Gasteiger partial charge in [0.25, 0.3) is 5.91 Å². The van der Waals surface area contributed by atoms with Gasteiger partial charge in [0, 0.05) is 6.54 Å². The van der Waals surface area contributed by atoms with E-state index >= 15 is 0 Å². The highest BCUT2D eigenvalue weighted by Crippen LogP contribution is 2.19. The largest absolute Gasteiger partial charge is 0.452 e. The lowest BCUT2D eigenvalue weighted by molar-refractivity contribution is -0.124. The van der Waals surface area contributed by atoms with Crippen LogP contribution < -0.4 is 5.32 Å². The summed E-state index contributed by atoms with van der Waals surface area (Å²) in [5.74, 6) is -2.68. The van der Waals surface area contributed by atoms with Crippen molar-refractivity contribution in [2.75, 3.05) is 13.2 Å². The van der Waals surface area contributed by atoms with Crippen molar-refractivity contribution in [2.45, 2.75) is 6.42 Å². The summed E-state index contributed by atoms with van der Waals surface area (Å²) < 4.78 is 31.0. The van der Waals surface area contributed by atoms with Crippen LogP contribution in [0, 0.1) is 11.6 Å². The Morgan fingerprint density at radius 3 is 2.46 bits per heavy atom. The van der Waals surface area contributed by atoms with Crippen molar-refractivity contribution < 1.29 is 23.1 Å². The molecule has 7 heteroatoms. The number of rotatable bonds is 6. The predicted octanol–water partition coefficient (Wildman–Crippen LogP) is 3.13. The Kier molecular flexibility index (Phi) is 6.26. The Hall–Kier alpha value is -2.47. The smallest absolute Gasteiger partial charge is 0.343 e. The van der Waals surface area contributed by atoms with Gasteiger partial charge < -0.3 is 10.1 Å². The molecular formula is C17H14ClF2NO3. The third-order valence-electron chi connectivity index (χ3n) is 3.15. The zero-order valence-corrected chi connectivity index (χ0v) is 13.3. The Morgan fingerprint density at radius 1 is 1.08 bits per heavy atom. The molecule has 0 saturated heterocycles. The SMILES string of the molecule is O=C(COC(=O)c1c(F)cccc1Cl)NCCc1ccc(F)cc1. The van der Waals surface area contributed by atoms with Crippen molar-refractivity contribution in [3.8, 4) is 0 Å². The van der Waals surface area contributed by atoms with Crippen LogP contribution in [0.5, 0.6) is 0 Å². The molecule has 4 nitrogen and oxygen atoms in total. The topological polar surface area (TPSA) is 55.4 Å². The van der Waals surface area contributed by atoms with Gasteiger partial charge in [0.15, 0.2) is 6.61 Å². The number of hydrogen-bond donors (Lipinski definition) is 1. The lowest BCUT2D eigenvalue weighted by Crippen LogP contribution is -2.30. The van der Waals surface area contributed by atoms with Crippen molar-refractivity contribution in [3.63, 3.8) is 0 Å². The van der Waals surface area contributed by atoms with Gasteiger partial charge in [0.1, 0.15) is 17.2 Å². The van der Waals surface area contributed by atoms with E-state index in [1.165, 1.54) is 24.3 Å². The molecule has 24 heavy (non-hydrogen) atoms. The highest BCUT2D eigenvalue weighted by Gasteiger charge is 2.18. The summed E-state index contributed by atoms with van der Waals surface area (Å²) >= 11 is 5.73. The number of nitrogens with one attached hydrogen (secondary N) is 1. The van der Waals surface area contributed by atoms with Crippen LogP contribution in [0.2, 0.25) is 5.02 Å². The van der Waals surface area contributed by atoms with E-state index in [0.717, 1.165) is 11.6 Å². The lowest BCUT2D eigenvalue weighted by Gasteiger charge is -2.08. The maximum atomic E-state index is 13.5. The molecule has 2 aromatic carbocycles. The van der Waals surface area contributed by atoms with E-state index in [0.29, 0.717) is 13.0 Å². The number of ether oxygens (including phenoxy) is 1. The molecule has 0 atom stereocenters. The Balaban J connectivity index is 1.76. The second-order valence-electron chi connectivity index (χ2n) is 4.90. The molecule has 126 valence electrons. The third-order valence-corrected chi connectivity index (χ3v) is 3.47. The summed E-state index contributed by atoms with van der Waals surface area (Å²) in [6.07, 6.45) is 0.499. The number of carbonyl (C=O) groups excluding carboxylic acids is 2. The van der Waals surface area contributed by atoms with Crippen molar-refractivity contribution in [1.82, 2.24) is 5.32 Å². The van der Waals surface area contributed by atoms with Gasteiger partial charge in [-0.3, -0.25) is 4.79 Å². The van der Waals surface area contributed by atoms with Crippen LogP contribution in [-0.4, -0.2) is 25.0 Å². The van der Waals surface area contributed by atoms with Crippen LogP contribution in [0.3, 0.4) is 0 Å².